The molecule has 0 unspecified atom stereocenters. The zero-order valence-electron chi connectivity index (χ0n) is 28.4. The van der Waals surface area contributed by atoms with Crippen LogP contribution < -0.4 is 21.9 Å². The Bertz CT molecular complexity index is 2230. The molecule has 0 aliphatic rings. The normalized spacial score (nSPS) is 11.5. The number of benzene rings is 5. The molecule has 0 aliphatic heterocycles. The Labute approximate surface area is 318 Å². The molecule has 0 aliphatic carbocycles. The lowest BCUT2D eigenvalue weighted by molar-refractivity contribution is 0.102. The van der Waals surface area contributed by atoms with Gasteiger partial charge in [0.15, 0.2) is 75.6 Å². The summed E-state index contributed by atoms with van der Waals surface area (Å²) in [5.41, 5.74) is -13.3. The number of nitriles is 1. The van der Waals surface area contributed by atoms with Gasteiger partial charge in [0.05, 0.1) is 24.1 Å². The molecule has 59 heavy (non-hydrogen) atoms. The number of nitrogens with zero attached hydrogens (tertiary/aromatic N) is 1. The van der Waals surface area contributed by atoms with E-state index in [1.807, 2.05) is 18.6 Å². The molecule has 0 fully saturated rings. The number of rotatable bonds is 7. The summed E-state index contributed by atoms with van der Waals surface area (Å²) in [6.45, 7) is 0. The van der Waals surface area contributed by atoms with Crippen LogP contribution in [0.4, 0.5) is 87.8 Å². The molecule has 5 aromatic rings. The topological polar surface area (TPSA) is 40.9 Å². The van der Waals surface area contributed by atoms with Crippen molar-refractivity contribution in [1.82, 2.24) is 0 Å². The van der Waals surface area contributed by atoms with Gasteiger partial charge in [-0.05, 0) is 23.0 Å². The van der Waals surface area contributed by atoms with E-state index in [9.17, 15) is 57.5 Å². The molecule has 0 spiro atoms. The van der Waals surface area contributed by atoms with Gasteiger partial charge in [0.25, 0.3) is 0 Å². The first-order chi connectivity index (χ1) is 27.3. The summed E-state index contributed by atoms with van der Waals surface area (Å²) in [4.78, 5) is 11.7. The number of ketones is 1. The fraction of sp³-hybridized carbons (Fsp3) is 0.0857. The van der Waals surface area contributed by atoms with Crippen molar-refractivity contribution >= 4 is 44.7 Å². The van der Waals surface area contributed by atoms with E-state index in [1.165, 1.54) is 0 Å². The number of carbonyl (C=O) groups excluding carboxylic acids is 1. The lowest BCUT2D eigenvalue weighted by Crippen LogP contribution is -2.81. The number of hydrogen-bond donors (Lipinski definition) is 0. The van der Waals surface area contributed by atoms with Gasteiger partial charge >= 0.3 is 0 Å². The Morgan fingerprint density at radius 3 is 0.881 bits per heavy atom. The molecule has 0 bridgehead atoms. The van der Waals surface area contributed by atoms with Crippen LogP contribution in [0.2, 0.25) is 0 Å². The summed E-state index contributed by atoms with van der Waals surface area (Å²) in [6, 6.07) is 8.99. The minimum Gasteiger partial charge on any atom is -0.289 e. The Hall–Kier alpha value is -5.73. The molecule has 5 rings (SSSR count). The molecule has 5 aromatic carbocycles. The van der Waals surface area contributed by atoms with Crippen molar-refractivity contribution < 1.29 is 92.6 Å². The van der Waals surface area contributed by atoms with Gasteiger partial charge < -0.3 is 0 Å². The average Bonchev–Trinajstić information content (AvgIpc) is 3.20. The largest absolute Gasteiger partial charge is 0.289 e. The first-order valence-electron chi connectivity index (χ1n) is 15.1. The zero-order chi connectivity index (χ0) is 44.9. The molecule has 0 radical (unpaired) electrons. The lowest BCUT2D eigenvalue weighted by Gasteiger charge is -2.44. The summed E-state index contributed by atoms with van der Waals surface area (Å²) in [7, 11) is 0.0846. The van der Waals surface area contributed by atoms with Gasteiger partial charge in [0.2, 0.25) is 5.78 Å². The fourth-order valence-corrected chi connectivity index (χ4v) is 6.72. The minimum absolute atomic E-state index is 0.0653. The Balaban J connectivity index is 0.000000464. The highest BCUT2D eigenvalue weighted by Gasteiger charge is 2.52. The maximum absolute atomic E-state index is 15.4. The standard InChI is InChI=1S/C24BF20.C11H12NOS/c26-5-1(6(27)14(35)21(42)13(5)34)25(2-7(28)15(36)22(43)16(37)8(2)29,3-9(30)17(38)23(44)18(39)10(3)31)4-11(32)19(40)24(45)20(41)12(4)33;1-14(2)8-11(13)10-6-4-3-5-9(10)7-12/h;3-6H,8H2,1-2H3/q-1;+1. The summed E-state index contributed by atoms with van der Waals surface area (Å²) in [6.07, 6.45) is -3.18. The van der Waals surface area contributed by atoms with Crippen molar-refractivity contribution in [1.29, 1.82) is 5.26 Å². The van der Waals surface area contributed by atoms with Crippen LogP contribution in [0.15, 0.2) is 24.3 Å². The predicted octanol–water partition coefficient (Wildman–Crippen LogP) is 7.46. The average molecular weight is 885 g/mol. The molecule has 0 aromatic heterocycles. The molecule has 0 N–H and O–H groups in total. The van der Waals surface area contributed by atoms with E-state index >= 15 is 35.1 Å². The Morgan fingerprint density at radius 2 is 0.661 bits per heavy atom. The van der Waals surface area contributed by atoms with E-state index in [0.717, 1.165) is 0 Å². The zero-order valence-corrected chi connectivity index (χ0v) is 29.2. The molecule has 2 nitrogen and oxygen atoms in total. The summed E-state index contributed by atoms with van der Waals surface area (Å²) < 4.78 is 294. The third-order valence-electron chi connectivity index (χ3n) is 8.47. The first kappa shape index (κ1) is 46.0. The van der Waals surface area contributed by atoms with Crippen LogP contribution in [0.3, 0.4) is 0 Å². The van der Waals surface area contributed by atoms with Gasteiger partial charge in [-0.2, -0.15) is 5.26 Å². The maximum Gasteiger partial charge on any atom is 0.213 e. The highest BCUT2D eigenvalue weighted by Crippen LogP contribution is 2.30. The third kappa shape index (κ3) is 7.22. The van der Waals surface area contributed by atoms with Crippen molar-refractivity contribution in [2.45, 2.75) is 0 Å². The maximum atomic E-state index is 15.4. The Kier molecular flexibility index (Phi) is 13.1. The van der Waals surface area contributed by atoms with Gasteiger partial charge in [0.1, 0.15) is 52.7 Å². The highest BCUT2D eigenvalue weighted by atomic mass is 32.2. The van der Waals surface area contributed by atoms with E-state index in [4.69, 9.17) is 5.26 Å². The van der Waals surface area contributed by atoms with Crippen molar-refractivity contribution in [3.05, 3.63) is 152 Å². The van der Waals surface area contributed by atoms with Gasteiger partial charge in [0, 0.05) is 5.56 Å². The third-order valence-corrected chi connectivity index (χ3v) is 9.31. The van der Waals surface area contributed by atoms with E-state index in [-0.39, 0.29) is 16.7 Å². The van der Waals surface area contributed by atoms with Crippen LogP contribution in [-0.4, -0.2) is 30.2 Å². The van der Waals surface area contributed by atoms with Gasteiger partial charge in [-0.25, -0.2) is 87.8 Å². The molecule has 312 valence electrons. The molecule has 24 heteroatoms. The van der Waals surface area contributed by atoms with Crippen LogP contribution in [0.1, 0.15) is 15.9 Å². The second-order valence-corrected chi connectivity index (χ2v) is 14.3. The first-order valence-corrected chi connectivity index (χ1v) is 17.4. The Morgan fingerprint density at radius 1 is 0.441 bits per heavy atom. The van der Waals surface area contributed by atoms with Gasteiger partial charge in [-0.15, -0.1) is 21.9 Å². The lowest BCUT2D eigenvalue weighted by atomic mass is 9.12. The van der Waals surface area contributed by atoms with Crippen molar-refractivity contribution in [2.24, 2.45) is 0 Å². The van der Waals surface area contributed by atoms with Gasteiger partial charge in [-0.1, -0.05) is 12.1 Å². The molecule has 0 saturated carbocycles. The second-order valence-electron chi connectivity index (χ2n) is 12.0. The summed E-state index contributed by atoms with van der Waals surface area (Å²) >= 11 is 0. The predicted molar refractivity (Wildman–Crippen MR) is 169 cm³/mol. The van der Waals surface area contributed by atoms with Crippen LogP contribution in [0.5, 0.6) is 0 Å². The second kappa shape index (κ2) is 16.9. The van der Waals surface area contributed by atoms with Crippen molar-refractivity contribution in [3.8, 4) is 6.07 Å². The number of halogens is 20. The summed E-state index contributed by atoms with van der Waals surface area (Å²) in [5.74, 6) is -70.8. The highest BCUT2D eigenvalue weighted by molar-refractivity contribution is 7.96. The molecule has 0 amide bonds. The van der Waals surface area contributed by atoms with E-state index in [1.54, 1.807) is 24.3 Å². The van der Waals surface area contributed by atoms with E-state index in [2.05, 4.69) is 0 Å². The fourth-order valence-electron chi connectivity index (χ4n) is 6.04. The molecular weight excluding hydrogens is 873 g/mol. The molecule has 0 saturated heterocycles. The SMILES string of the molecule is C[S+](C)CC(=O)c1ccccc1C#N.Fc1c(F)c(F)c([B-](c2c(F)c(F)c(F)c(F)c2F)(c2c(F)c(F)c(F)c(F)c2F)c2c(F)c(F)c(F)c(F)c2F)c(F)c1F. The number of hydrogen-bond acceptors (Lipinski definition) is 2. The smallest absolute Gasteiger partial charge is 0.213 e. The van der Waals surface area contributed by atoms with Crippen LogP contribution >= 0.6 is 0 Å². The number of Topliss-reactive ketones (excluding diaryl/α,β-unsaturated/α-hetero) is 1. The van der Waals surface area contributed by atoms with Gasteiger partial charge in [-0.3, -0.25) is 4.79 Å². The van der Waals surface area contributed by atoms with Crippen LogP contribution in [-0.2, 0) is 10.9 Å². The van der Waals surface area contributed by atoms with Crippen molar-refractivity contribution in [2.75, 3.05) is 18.3 Å². The molecule has 0 heterocycles. The van der Waals surface area contributed by atoms with Crippen LogP contribution in [0.25, 0.3) is 0 Å². The van der Waals surface area contributed by atoms with Crippen LogP contribution in [0, 0.1) is 128 Å². The summed E-state index contributed by atoms with van der Waals surface area (Å²) in [5, 5.41) is 8.80. The quantitative estimate of drug-likeness (QED) is 0.0426. The monoisotopic (exact) mass is 885 g/mol. The van der Waals surface area contributed by atoms with Crippen molar-refractivity contribution in [3.63, 3.8) is 0 Å². The van der Waals surface area contributed by atoms with E-state index in [0.29, 0.717) is 16.9 Å². The molecule has 0 atom stereocenters. The minimum atomic E-state index is -7.22. The molecular formula is C35H12BF20NOS. The number of carbonyl (C=O) groups is 1. The van der Waals surface area contributed by atoms with E-state index < -0.39 is 144 Å².